The van der Waals surface area contributed by atoms with Gasteiger partial charge in [0.2, 0.25) is 5.91 Å². The van der Waals surface area contributed by atoms with Crippen LogP contribution < -0.4 is 5.32 Å². The number of hydrogen-bond acceptors (Lipinski definition) is 6. The predicted molar refractivity (Wildman–Crippen MR) is 145 cm³/mol. The molecule has 0 radical (unpaired) electrons. The summed E-state index contributed by atoms with van der Waals surface area (Å²) in [5.41, 5.74) is 6.74. The summed E-state index contributed by atoms with van der Waals surface area (Å²) in [5.74, 6) is -0.438. The van der Waals surface area contributed by atoms with E-state index in [9.17, 15) is 9.18 Å². The summed E-state index contributed by atoms with van der Waals surface area (Å²) in [4.78, 5) is 30.8. The Kier molecular flexibility index (Phi) is 5.85. The highest BCUT2D eigenvalue weighted by Crippen LogP contribution is 2.34. The van der Waals surface area contributed by atoms with Gasteiger partial charge in [0.15, 0.2) is 0 Å². The van der Waals surface area contributed by atoms with Gasteiger partial charge in [-0.25, -0.2) is 9.37 Å². The molecule has 9 nitrogen and oxygen atoms in total. The fourth-order valence-electron chi connectivity index (χ4n) is 4.46. The zero-order valence-electron chi connectivity index (χ0n) is 20.7. The zero-order chi connectivity index (χ0) is 26.2. The number of pyridine rings is 3. The number of benzene rings is 1. The monoisotopic (exact) mass is 506 g/mol. The molecule has 0 aliphatic rings. The van der Waals surface area contributed by atoms with Crippen LogP contribution >= 0.6 is 0 Å². The van der Waals surface area contributed by atoms with Crippen molar-refractivity contribution >= 4 is 33.5 Å². The molecule has 0 bridgehead atoms. The first kappa shape index (κ1) is 23.4. The third-order valence-electron chi connectivity index (χ3n) is 6.15. The second-order valence-corrected chi connectivity index (χ2v) is 9.22. The number of nitrogens with zero attached hydrogens (tertiary/aromatic N) is 5. The lowest BCUT2D eigenvalue weighted by Gasteiger charge is -2.10. The van der Waals surface area contributed by atoms with E-state index < -0.39 is 0 Å². The number of nitrogens with one attached hydrogen (secondary N) is 3. The summed E-state index contributed by atoms with van der Waals surface area (Å²) in [6, 6.07) is 14.2. The number of carbonyl (C=O) groups excluding carboxylic acids is 1. The Morgan fingerprint density at radius 3 is 2.66 bits per heavy atom. The second kappa shape index (κ2) is 9.49. The topological polar surface area (TPSA) is 115 Å². The van der Waals surface area contributed by atoms with Gasteiger partial charge in [0.25, 0.3) is 0 Å². The van der Waals surface area contributed by atoms with E-state index in [-0.39, 0.29) is 18.3 Å². The number of amides is 1. The number of fused-ring (bicyclic) bond motifs is 2. The van der Waals surface area contributed by atoms with Crippen LogP contribution in [-0.4, -0.2) is 61.6 Å². The largest absolute Gasteiger partial charge is 0.352 e. The Labute approximate surface area is 216 Å². The molecule has 188 valence electrons. The summed E-state index contributed by atoms with van der Waals surface area (Å²) >= 11 is 0. The third kappa shape index (κ3) is 4.37. The van der Waals surface area contributed by atoms with Crippen molar-refractivity contribution in [3.8, 4) is 33.8 Å². The number of anilines is 1. The molecule has 0 saturated heterocycles. The second-order valence-electron chi connectivity index (χ2n) is 9.22. The van der Waals surface area contributed by atoms with Crippen LogP contribution in [0.5, 0.6) is 0 Å². The molecule has 1 aromatic carbocycles. The minimum atomic E-state index is -0.310. The molecule has 0 atom stereocenters. The van der Waals surface area contributed by atoms with Gasteiger partial charge in [-0.05, 0) is 44.4 Å². The highest BCUT2D eigenvalue weighted by molar-refractivity contribution is 6.00. The molecule has 0 saturated carbocycles. The van der Waals surface area contributed by atoms with E-state index in [2.05, 4.69) is 30.5 Å². The number of aromatic amines is 2. The SMILES string of the molecule is CN(C)CC(=O)Nc1cncc(-c2ccc3[nH]nc(-c4cc5c(-c6ccccc6F)cncc5[nH]4)c3n2)c1. The zero-order valence-corrected chi connectivity index (χ0v) is 20.7. The molecule has 0 spiro atoms. The normalized spacial score (nSPS) is 11.5. The van der Waals surface area contributed by atoms with Crippen molar-refractivity contribution in [3.63, 3.8) is 0 Å². The summed E-state index contributed by atoms with van der Waals surface area (Å²) in [7, 11) is 3.67. The molecule has 3 N–H and O–H groups in total. The van der Waals surface area contributed by atoms with Gasteiger partial charge in [0, 0.05) is 34.5 Å². The fourth-order valence-corrected chi connectivity index (χ4v) is 4.46. The highest BCUT2D eigenvalue weighted by atomic mass is 19.1. The Morgan fingerprint density at radius 2 is 1.82 bits per heavy atom. The van der Waals surface area contributed by atoms with Crippen molar-refractivity contribution in [1.82, 2.24) is 35.0 Å². The number of halogens is 1. The van der Waals surface area contributed by atoms with Gasteiger partial charge < -0.3 is 15.2 Å². The summed E-state index contributed by atoms with van der Waals surface area (Å²) in [6.45, 7) is 0.269. The van der Waals surface area contributed by atoms with Crippen LogP contribution in [0.1, 0.15) is 0 Å². The predicted octanol–water partition coefficient (Wildman–Crippen LogP) is 4.87. The number of aromatic nitrogens is 6. The van der Waals surface area contributed by atoms with Gasteiger partial charge >= 0.3 is 0 Å². The number of hydrogen-bond donors (Lipinski definition) is 3. The van der Waals surface area contributed by atoms with Crippen LogP contribution in [0.4, 0.5) is 10.1 Å². The highest BCUT2D eigenvalue weighted by Gasteiger charge is 2.17. The molecule has 5 heterocycles. The smallest absolute Gasteiger partial charge is 0.238 e. The molecular weight excluding hydrogens is 483 g/mol. The Hall–Kier alpha value is -4.96. The Balaban J connectivity index is 1.39. The van der Waals surface area contributed by atoms with Gasteiger partial charge in [0.1, 0.15) is 17.0 Å². The summed E-state index contributed by atoms with van der Waals surface area (Å²) in [5, 5.41) is 11.2. The lowest BCUT2D eigenvalue weighted by Crippen LogP contribution is -2.27. The number of carbonyl (C=O) groups is 1. The molecule has 6 aromatic rings. The van der Waals surface area contributed by atoms with Crippen molar-refractivity contribution < 1.29 is 9.18 Å². The van der Waals surface area contributed by atoms with Crippen LogP contribution in [0.15, 0.2) is 73.3 Å². The van der Waals surface area contributed by atoms with Crippen LogP contribution in [0.2, 0.25) is 0 Å². The molecule has 0 aliphatic carbocycles. The van der Waals surface area contributed by atoms with Crippen molar-refractivity contribution in [2.45, 2.75) is 0 Å². The average molecular weight is 507 g/mol. The molecule has 6 rings (SSSR count). The molecule has 5 aromatic heterocycles. The number of rotatable bonds is 6. The van der Waals surface area contributed by atoms with Gasteiger partial charge in [-0.3, -0.25) is 19.9 Å². The van der Waals surface area contributed by atoms with Crippen LogP contribution in [0.25, 0.3) is 55.7 Å². The Bertz CT molecular complexity index is 1810. The van der Waals surface area contributed by atoms with Crippen molar-refractivity contribution in [1.29, 1.82) is 0 Å². The maximum absolute atomic E-state index is 14.6. The third-order valence-corrected chi connectivity index (χ3v) is 6.15. The van der Waals surface area contributed by atoms with E-state index in [1.54, 1.807) is 47.9 Å². The Morgan fingerprint density at radius 1 is 0.974 bits per heavy atom. The first-order valence-corrected chi connectivity index (χ1v) is 11.9. The molecule has 1 amide bonds. The van der Waals surface area contributed by atoms with Gasteiger partial charge in [-0.1, -0.05) is 18.2 Å². The van der Waals surface area contributed by atoms with E-state index >= 15 is 0 Å². The lowest BCUT2D eigenvalue weighted by atomic mass is 10.0. The van der Waals surface area contributed by atoms with Crippen molar-refractivity contribution in [3.05, 3.63) is 79.1 Å². The quantitative estimate of drug-likeness (QED) is 0.297. The standard InChI is InChI=1S/C28H23FN8O/c1-37(2)15-26(38)32-17-9-16(11-30-12-17)22-7-8-23-27(34-22)28(36-35-23)24-10-19-20(13-31-14-25(19)33-24)18-5-3-4-6-21(18)29/h3-14,33H,15H2,1-2H3,(H,32,38)(H,35,36). The first-order valence-electron chi connectivity index (χ1n) is 11.9. The van der Waals surface area contributed by atoms with Gasteiger partial charge in [-0.15, -0.1) is 0 Å². The number of H-pyrrole nitrogens is 2. The van der Waals surface area contributed by atoms with E-state index in [1.165, 1.54) is 6.07 Å². The first-order chi connectivity index (χ1) is 18.5. The maximum atomic E-state index is 14.6. The van der Waals surface area contributed by atoms with E-state index in [4.69, 9.17) is 4.98 Å². The average Bonchev–Trinajstić information content (AvgIpc) is 3.52. The van der Waals surface area contributed by atoms with E-state index in [0.29, 0.717) is 33.7 Å². The minimum absolute atomic E-state index is 0.127. The summed E-state index contributed by atoms with van der Waals surface area (Å²) < 4.78 is 14.6. The lowest BCUT2D eigenvalue weighted by molar-refractivity contribution is -0.116. The maximum Gasteiger partial charge on any atom is 0.238 e. The van der Waals surface area contributed by atoms with Gasteiger partial charge in [-0.2, -0.15) is 5.10 Å². The van der Waals surface area contributed by atoms with Crippen molar-refractivity contribution in [2.24, 2.45) is 0 Å². The summed E-state index contributed by atoms with van der Waals surface area (Å²) in [6.07, 6.45) is 6.67. The molecule has 0 fully saturated rings. The molecule has 0 aliphatic heterocycles. The molecule has 38 heavy (non-hydrogen) atoms. The van der Waals surface area contributed by atoms with E-state index in [0.717, 1.165) is 27.7 Å². The van der Waals surface area contributed by atoms with Crippen LogP contribution in [0.3, 0.4) is 0 Å². The molecule has 10 heteroatoms. The van der Waals surface area contributed by atoms with Crippen LogP contribution in [0, 0.1) is 5.82 Å². The molecule has 0 unspecified atom stereocenters. The number of likely N-dealkylation sites (N-methyl/N-ethyl adjacent to an activating group) is 1. The minimum Gasteiger partial charge on any atom is -0.352 e. The van der Waals surface area contributed by atoms with Crippen LogP contribution in [-0.2, 0) is 4.79 Å². The van der Waals surface area contributed by atoms with Gasteiger partial charge in [0.05, 0.1) is 47.0 Å². The van der Waals surface area contributed by atoms with Crippen molar-refractivity contribution in [2.75, 3.05) is 26.0 Å². The fraction of sp³-hybridized carbons (Fsp3) is 0.107. The molecular formula is C28H23FN8O. The van der Waals surface area contributed by atoms with E-state index in [1.807, 2.05) is 38.4 Å².